The zero-order valence-electron chi connectivity index (χ0n) is 7.88. The monoisotopic (exact) mass is 214 g/mol. The van der Waals surface area contributed by atoms with E-state index >= 15 is 0 Å². The predicted molar refractivity (Wildman–Crippen MR) is 58.7 cm³/mol. The molecule has 1 N–H and O–H groups in total. The highest BCUT2D eigenvalue weighted by Gasteiger charge is 2.12. The van der Waals surface area contributed by atoms with Gasteiger partial charge in [0.05, 0.1) is 0 Å². The summed E-state index contributed by atoms with van der Waals surface area (Å²) in [7, 11) is 4.33. The van der Waals surface area contributed by atoms with E-state index in [1.54, 1.807) is 0 Å². The van der Waals surface area contributed by atoms with Gasteiger partial charge >= 0.3 is 0 Å². The van der Waals surface area contributed by atoms with Crippen LogP contribution in [0.15, 0.2) is 0 Å². The van der Waals surface area contributed by atoms with Gasteiger partial charge < -0.3 is 10.2 Å². The van der Waals surface area contributed by atoms with Crippen LogP contribution in [0.5, 0.6) is 0 Å². The highest BCUT2D eigenvalue weighted by atomic mass is 35.5. The summed E-state index contributed by atoms with van der Waals surface area (Å²) < 4.78 is 0. The fraction of sp³-hybridized carbons (Fsp3) is 1.00. The Kier molecular flexibility index (Phi) is 10.1. The molecule has 1 saturated heterocycles. The Bertz CT molecular complexity index is 91.1. The van der Waals surface area contributed by atoms with Crippen LogP contribution < -0.4 is 5.32 Å². The summed E-state index contributed by atoms with van der Waals surface area (Å²) in [5.41, 5.74) is 0. The van der Waals surface area contributed by atoms with Crippen molar-refractivity contribution in [2.24, 2.45) is 0 Å². The molecule has 1 aliphatic rings. The summed E-state index contributed by atoms with van der Waals surface area (Å²) >= 11 is 0. The maximum absolute atomic E-state index is 3.44. The number of nitrogens with zero attached hydrogens (tertiary/aromatic N) is 1. The SMILES string of the molecule is CN(C)[C@H]1CCCCNC1.Cl.Cl. The molecule has 1 fully saturated rings. The van der Waals surface area contributed by atoms with E-state index in [1.165, 1.54) is 32.4 Å². The summed E-state index contributed by atoms with van der Waals surface area (Å²) in [5, 5.41) is 3.44. The first-order valence-electron chi connectivity index (χ1n) is 4.18. The van der Waals surface area contributed by atoms with Gasteiger partial charge in [-0.2, -0.15) is 0 Å². The third-order valence-electron chi connectivity index (χ3n) is 2.25. The molecule has 0 radical (unpaired) electrons. The van der Waals surface area contributed by atoms with Crippen LogP contribution in [-0.2, 0) is 0 Å². The first-order valence-corrected chi connectivity index (χ1v) is 4.18. The van der Waals surface area contributed by atoms with Gasteiger partial charge in [-0.3, -0.25) is 0 Å². The second-order valence-corrected chi connectivity index (χ2v) is 3.32. The molecular weight excluding hydrogens is 195 g/mol. The minimum Gasteiger partial charge on any atom is -0.315 e. The van der Waals surface area contributed by atoms with Gasteiger partial charge in [-0.25, -0.2) is 0 Å². The molecule has 0 unspecified atom stereocenters. The number of likely N-dealkylation sites (N-methyl/N-ethyl adjacent to an activating group) is 1. The van der Waals surface area contributed by atoms with Crippen molar-refractivity contribution in [3.8, 4) is 0 Å². The molecule has 2 nitrogen and oxygen atoms in total. The van der Waals surface area contributed by atoms with Crippen LogP contribution in [0.3, 0.4) is 0 Å². The molecule has 4 heteroatoms. The second-order valence-electron chi connectivity index (χ2n) is 3.32. The summed E-state index contributed by atoms with van der Waals surface area (Å²) in [4.78, 5) is 2.32. The molecule has 1 atom stereocenters. The fourth-order valence-electron chi connectivity index (χ4n) is 1.44. The van der Waals surface area contributed by atoms with Crippen LogP contribution in [0, 0.1) is 0 Å². The first kappa shape index (κ1) is 15.0. The van der Waals surface area contributed by atoms with E-state index in [2.05, 4.69) is 24.3 Å². The van der Waals surface area contributed by atoms with Gasteiger partial charge in [0.2, 0.25) is 0 Å². The molecule has 0 aromatic carbocycles. The van der Waals surface area contributed by atoms with Crippen molar-refractivity contribution in [2.45, 2.75) is 25.3 Å². The Balaban J connectivity index is 0. The van der Waals surface area contributed by atoms with Crippen LogP contribution in [0.2, 0.25) is 0 Å². The minimum absolute atomic E-state index is 0. The van der Waals surface area contributed by atoms with Crippen LogP contribution in [-0.4, -0.2) is 38.1 Å². The second kappa shape index (κ2) is 8.11. The van der Waals surface area contributed by atoms with E-state index in [9.17, 15) is 0 Å². The van der Waals surface area contributed by atoms with E-state index in [-0.39, 0.29) is 24.8 Å². The van der Waals surface area contributed by atoms with Gasteiger partial charge in [-0.05, 0) is 33.5 Å². The molecule has 1 heterocycles. The smallest absolute Gasteiger partial charge is 0.0214 e. The third kappa shape index (κ3) is 5.20. The van der Waals surface area contributed by atoms with Crippen molar-refractivity contribution in [2.75, 3.05) is 27.2 Å². The Morgan fingerprint density at radius 1 is 1.17 bits per heavy atom. The van der Waals surface area contributed by atoms with Gasteiger partial charge in [-0.15, -0.1) is 24.8 Å². The lowest BCUT2D eigenvalue weighted by Crippen LogP contribution is -2.36. The van der Waals surface area contributed by atoms with Gasteiger partial charge in [0.15, 0.2) is 0 Å². The van der Waals surface area contributed by atoms with Gasteiger partial charge in [0.25, 0.3) is 0 Å². The number of rotatable bonds is 1. The Morgan fingerprint density at radius 3 is 2.42 bits per heavy atom. The van der Waals surface area contributed by atoms with Crippen molar-refractivity contribution in [3.63, 3.8) is 0 Å². The summed E-state index contributed by atoms with van der Waals surface area (Å²) in [6, 6.07) is 0.766. The number of nitrogens with one attached hydrogen (secondary N) is 1. The molecule has 0 aliphatic carbocycles. The first-order chi connectivity index (χ1) is 4.80. The van der Waals surface area contributed by atoms with Crippen molar-refractivity contribution in [1.82, 2.24) is 10.2 Å². The van der Waals surface area contributed by atoms with Crippen molar-refractivity contribution in [1.29, 1.82) is 0 Å². The van der Waals surface area contributed by atoms with Crippen molar-refractivity contribution in [3.05, 3.63) is 0 Å². The lowest BCUT2D eigenvalue weighted by Gasteiger charge is -2.21. The molecule has 0 amide bonds. The number of hydrogen-bond acceptors (Lipinski definition) is 2. The Morgan fingerprint density at radius 2 is 1.83 bits per heavy atom. The summed E-state index contributed by atoms with van der Waals surface area (Å²) in [6.45, 7) is 2.39. The predicted octanol–water partition coefficient (Wildman–Crippen LogP) is 1.53. The molecule has 0 bridgehead atoms. The quantitative estimate of drug-likeness (QED) is 0.713. The topological polar surface area (TPSA) is 15.3 Å². The normalized spacial score (nSPS) is 23.8. The highest BCUT2D eigenvalue weighted by molar-refractivity contribution is 5.85. The van der Waals surface area contributed by atoms with E-state index in [0.717, 1.165) is 6.04 Å². The molecule has 1 rings (SSSR count). The molecule has 12 heavy (non-hydrogen) atoms. The van der Waals surface area contributed by atoms with Crippen molar-refractivity contribution < 1.29 is 0 Å². The lowest BCUT2D eigenvalue weighted by atomic mass is 10.1. The average Bonchev–Trinajstić information content (AvgIpc) is 2.12. The molecule has 1 aliphatic heterocycles. The van der Waals surface area contributed by atoms with Crippen LogP contribution in [0.1, 0.15) is 19.3 Å². The van der Waals surface area contributed by atoms with Crippen molar-refractivity contribution >= 4 is 24.8 Å². The molecule has 76 valence electrons. The molecular formula is C8H20Cl2N2. The highest BCUT2D eigenvalue weighted by Crippen LogP contribution is 2.07. The maximum Gasteiger partial charge on any atom is 0.0214 e. The van der Waals surface area contributed by atoms with Gasteiger partial charge in [0, 0.05) is 12.6 Å². The summed E-state index contributed by atoms with van der Waals surface area (Å²) in [6.07, 6.45) is 4.10. The lowest BCUT2D eigenvalue weighted by molar-refractivity contribution is 0.279. The molecule has 0 spiro atoms. The Labute approximate surface area is 87.9 Å². The van der Waals surface area contributed by atoms with Gasteiger partial charge in [-0.1, -0.05) is 6.42 Å². The van der Waals surface area contributed by atoms with Gasteiger partial charge in [0.1, 0.15) is 0 Å². The average molecular weight is 215 g/mol. The van der Waals surface area contributed by atoms with E-state index in [1.807, 2.05) is 0 Å². The largest absolute Gasteiger partial charge is 0.315 e. The zero-order chi connectivity index (χ0) is 7.40. The molecule has 0 aromatic rings. The Hall–Kier alpha value is 0.500. The standard InChI is InChI=1S/C8H18N2.2ClH/c1-10(2)8-5-3-4-6-9-7-8;;/h8-9H,3-7H2,1-2H3;2*1H/t8-;;/m0../s1. The van der Waals surface area contributed by atoms with Crippen LogP contribution in [0.4, 0.5) is 0 Å². The van der Waals surface area contributed by atoms with Crippen LogP contribution in [0.25, 0.3) is 0 Å². The van der Waals surface area contributed by atoms with E-state index < -0.39 is 0 Å². The summed E-state index contributed by atoms with van der Waals surface area (Å²) in [5.74, 6) is 0. The number of halogens is 2. The fourth-order valence-corrected chi connectivity index (χ4v) is 1.44. The maximum atomic E-state index is 3.44. The van der Waals surface area contributed by atoms with E-state index in [0.29, 0.717) is 0 Å². The third-order valence-corrected chi connectivity index (χ3v) is 2.25. The number of hydrogen-bond donors (Lipinski definition) is 1. The van der Waals surface area contributed by atoms with E-state index in [4.69, 9.17) is 0 Å². The minimum atomic E-state index is 0. The zero-order valence-corrected chi connectivity index (χ0v) is 9.51. The van der Waals surface area contributed by atoms with Crippen LogP contribution >= 0.6 is 24.8 Å². The molecule has 0 saturated carbocycles. The molecule has 0 aromatic heterocycles.